The van der Waals surface area contributed by atoms with Crippen LogP contribution in [-0.2, 0) is 35.0 Å². The number of allylic oxidation sites excluding steroid dienone is 4. The second kappa shape index (κ2) is 13.7. The Hall–Kier alpha value is -3.37. The molecule has 2 aromatic rings. The van der Waals surface area contributed by atoms with Gasteiger partial charge in [0, 0.05) is 28.0 Å². The van der Waals surface area contributed by atoms with Gasteiger partial charge in [-0.25, -0.2) is 4.39 Å². The lowest BCUT2D eigenvalue weighted by Gasteiger charge is -2.59. The number of fused-ring (bicyclic) bond motifs is 7. The lowest BCUT2D eigenvalue weighted by molar-refractivity contribution is -0.300. The van der Waals surface area contributed by atoms with Gasteiger partial charge in [-0.05, 0) is 85.4 Å². The second-order valence-corrected chi connectivity index (χ2v) is 16.5. The Kier molecular flexibility index (Phi) is 9.51. The summed E-state index contributed by atoms with van der Waals surface area (Å²) in [6, 6.07) is 12.1. The first-order valence-electron chi connectivity index (χ1n) is 18.7. The zero-order chi connectivity index (χ0) is 38.3. The molecule has 3 saturated carbocycles. The first-order valence-corrected chi connectivity index (χ1v) is 18.7. The number of ketones is 2. The molecule has 0 amide bonds. The maximum absolute atomic E-state index is 16.0. The summed E-state index contributed by atoms with van der Waals surface area (Å²) in [4.78, 5) is 27.2. The molecular weight excluding hydrogens is 701 g/mol. The summed E-state index contributed by atoms with van der Waals surface area (Å²) in [5, 5.41) is 53.0. The van der Waals surface area contributed by atoms with E-state index in [9.17, 15) is 35.1 Å². The van der Waals surface area contributed by atoms with E-state index in [1.165, 1.54) is 6.07 Å². The van der Waals surface area contributed by atoms with Crippen LogP contribution in [0, 0.1) is 34.4 Å². The number of benzene rings is 2. The van der Waals surface area contributed by atoms with E-state index in [1.807, 2.05) is 25.1 Å². The molecule has 0 aromatic heterocycles. The minimum absolute atomic E-state index is 0.0737. The van der Waals surface area contributed by atoms with Gasteiger partial charge in [0.2, 0.25) is 0 Å². The van der Waals surface area contributed by atoms with Crippen LogP contribution in [0.15, 0.2) is 66.3 Å². The fraction of sp³-hybridized carbons (Fsp3) is 0.561. The number of hydrogen-bond acceptors (Lipinski definition) is 12. The van der Waals surface area contributed by atoms with Gasteiger partial charge in [0.1, 0.15) is 36.8 Å². The van der Waals surface area contributed by atoms with Crippen LogP contribution in [0.5, 0.6) is 0 Å². The molecule has 2 aromatic carbocycles. The van der Waals surface area contributed by atoms with Gasteiger partial charge in [0.25, 0.3) is 0 Å². The number of anilines is 1. The van der Waals surface area contributed by atoms with E-state index < -0.39 is 90.4 Å². The van der Waals surface area contributed by atoms with E-state index >= 15 is 4.39 Å². The Morgan fingerprint density at radius 1 is 1.02 bits per heavy atom. The number of carbonyl (C=O) groups is 2. The summed E-state index contributed by atoms with van der Waals surface area (Å²) in [6.45, 7) is 2.61. The summed E-state index contributed by atoms with van der Waals surface area (Å²) in [7, 11) is 0. The lowest BCUT2D eigenvalue weighted by Crippen LogP contribution is -2.64. The van der Waals surface area contributed by atoms with Crippen molar-refractivity contribution in [2.45, 2.75) is 101 Å². The highest BCUT2D eigenvalue weighted by Crippen LogP contribution is 2.70. The summed E-state index contributed by atoms with van der Waals surface area (Å²) in [6.07, 6.45) is -3.46. The molecular formula is C41H48FNO11. The van der Waals surface area contributed by atoms with Crippen molar-refractivity contribution in [2.24, 2.45) is 28.6 Å². The van der Waals surface area contributed by atoms with Gasteiger partial charge < -0.3 is 50.2 Å². The van der Waals surface area contributed by atoms with Crippen LogP contribution >= 0.6 is 0 Å². The van der Waals surface area contributed by atoms with E-state index in [2.05, 4.69) is 6.92 Å². The van der Waals surface area contributed by atoms with Crippen LogP contribution in [-0.4, -0.2) is 98.8 Å². The third-order valence-corrected chi connectivity index (χ3v) is 13.6. The Morgan fingerprint density at radius 3 is 2.48 bits per heavy atom. The molecule has 5 fully saturated rings. The molecule has 12 nitrogen and oxygen atoms in total. The van der Waals surface area contributed by atoms with Gasteiger partial charge in [-0.2, -0.15) is 0 Å². The Morgan fingerprint density at radius 2 is 1.76 bits per heavy atom. The maximum atomic E-state index is 16.0. The zero-order valence-electron chi connectivity index (χ0n) is 30.2. The number of carbonyl (C=O) groups excluding carboxylic acids is 2. The number of halogens is 1. The van der Waals surface area contributed by atoms with Crippen molar-refractivity contribution >= 4 is 17.3 Å². The topological polar surface area (TPSA) is 198 Å². The fourth-order valence-electron chi connectivity index (χ4n) is 10.9. The molecule has 0 bridgehead atoms. The minimum atomic E-state index is -1.73. The van der Waals surface area contributed by atoms with Crippen molar-refractivity contribution in [1.29, 1.82) is 0 Å². The number of rotatable bonds is 8. The van der Waals surface area contributed by atoms with Crippen molar-refractivity contribution < 1.29 is 58.5 Å². The highest BCUT2D eigenvalue weighted by atomic mass is 19.1. The largest absolute Gasteiger partial charge is 0.399 e. The van der Waals surface area contributed by atoms with Gasteiger partial charge in [-0.3, -0.25) is 9.59 Å². The average Bonchev–Trinajstić information content (AvgIpc) is 3.64. The van der Waals surface area contributed by atoms with Crippen molar-refractivity contribution in [3.63, 3.8) is 0 Å². The van der Waals surface area contributed by atoms with E-state index in [0.29, 0.717) is 36.9 Å². The number of aliphatic hydroxyl groups is 5. The molecule has 0 unspecified atom stereocenters. The summed E-state index contributed by atoms with van der Waals surface area (Å²) >= 11 is 0. The molecule has 290 valence electrons. The van der Waals surface area contributed by atoms with Gasteiger partial charge in [0.15, 0.2) is 29.7 Å². The van der Waals surface area contributed by atoms with E-state index in [4.69, 9.17) is 24.7 Å². The van der Waals surface area contributed by atoms with Crippen LogP contribution in [0.3, 0.4) is 0 Å². The highest BCUT2D eigenvalue weighted by molar-refractivity contribution is 6.01. The molecule has 54 heavy (non-hydrogen) atoms. The fourth-order valence-corrected chi connectivity index (χ4v) is 10.9. The molecule has 2 aliphatic heterocycles. The van der Waals surface area contributed by atoms with Crippen molar-refractivity contribution in [3.8, 4) is 0 Å². The van der Waals surface area contributed by atoms with Crippen LogP contribution in [0.1, 0.15) is 62.5 Å². The molecule has 0 spiro atoms. The number of Topliss-reactive ketones (excluding diaryl/α,β-unsaturated/α-hetero) is 1. The van der Waals surface area contributed by atoms with Crippen LogP contribution in [0.4, 0.5) is 10.1 Å². The van der Waals surface area contributed by atoms with Crippen molar-refractivity contribution in [3.05, 3.63) is 88.8 Å². The highest BCUT2D eigenvalue weighted by Gasteiger charge is 2.76. The molecule has 7 N–H and O–H groups in total. The normalized spacial score (nSPS) is 42.5. The third kappa shape index (κ3) is 5.74. The van der Waals surface area contributed by atoms with Gasteiger partial charge in [-0.15, -0.1) is 0 Å². The molecule has 14 atom stereocenters. The zero-order valence-corrected chi connectivity index (χ0v) is 30.2. The van der Waals surface area contributed by atoms with Crippen LogP contribution < -0.4 is 5.73 Å². The Balaban J connectivity index is 1.11. The Bertz CT molecular complexity index is 1870. The molecule has 6 aliphatic rings. The van der Waals surface area contributed by atoms with Crippen molar-refractivity contribution in [2.75, 3.05) is 18.9 Å². The molecule has 8 rings (SSSR count). The number of ether oxygens (including phenoxy) is 4. The average molecular weight is 750 g/mol. The van der Waals surface area contributed by atoms with Crippen molar-refractivity contribution in [1.82, 2.24) is 0 Å². The number of nitrogens with two attached hydrogens (primary N) is 1. The number of aliphatic hydroxyl groups excluding tert-OH is 5. The first-order chi connectivity index (χ1) is 25.7. The first kappa shape index (κ1) is 37.5. The van der Waals surface area contributed by atoms with Gasteiger partial charge >= 0.3 is 0 Å². The quantitative estimate of drug-likeness (QED) is 0.216. The van der Waals surface area contributed by atoms with Gasteiger partial charge in [-0.1, -0.05) is 49.8 Å². The smallest absolute Gasteiger partial charge is 0.193 e. The summed E-state index contributed by atoms with van der Waals surface area (Å²) < 4.78 is 40.6. The number of nitrogen functional groups attached to an aromatic ring is 1. The molecule has 2 heterocycles. The van der Waals surface area contributed by atoms with Crippen LogP contribution in [0.2, 0.25) is 0 Å². The monoisotopic (exact) mass is 749 g/mol. The van der Waals surface area contributed by atoms with Gasteiger partial charge in [0.05, 0.1) is 18.8 Å². The minimum Gasteiger partial charge on any atom is -0.399 e. The number of hydrogen-bond donors (Lipinski definition) is 6. The standard InChI is InChI=1S/C41H48FNO11/c1-39-12-11-24(45)15-22(39)6-10-25-27-16-32-41(40(27,2)17-29(46)33(25)39,31(47)19-51-38-36(50)35(49)34(48)30(18-44)52-38)54-37(53-32)26-9-5-21(14-28(26)42)13-20-3-7-23(43)8-4-20/h3-5,7-9,11-12,14-15,25,27,29-30,32-38,44,46,48-50H,6,10,13,16-19,43H2,1-2H3/t25-,27-,29-,30+,32+,33+,34-,35-,36+,37+,38+,39-,40-,41+/m0/s1. The van der Waals surface area contributed by atoms with E-state index in [-0.39, 0.29) is 35.5 Å². The predicted molar refractivity (Wildman–Crippen MR) is 190 cm³/mol. The molecule has 13 heteroatoms. The van der Waals surface area contributed by atoms with E-state index in [0.717, 1.165) is 11.1 Å². The third-order valence-electron chi connectivity index (χ3n) is 13.6. The Labute approximate surface area is 312 Å². The van der Waals surface area contributed by atoms with Crippen LogP contribution in [0.25, 0.3) is 0 Å². The van der Waals surface area contributed by atoms with E-state index in [1.54, 1.807) is 36.4 Å². The molecule has 4 aliphatic carbocycles. The molecule has 2 saturated heterocycles. The maximum Gasteiger partial charge on any atom is 0.193 e. The predicted octanol–water partition coefficient (Wildman–Crippen LogP) is 2.43. The lowest BCUT2D eigenvalue weighted by atomic mass is 9.46. The molecule has 0 radical (unpaired) electrons. The SMILES string of the molecule is C[C@]12C=CC(=O)C=C1CC[C@@H]1[C@@H]2[C@@H](O)C[C@@]2(C)[C@H]1C[C@H]1O[C@@H](c3ccc(Cc4ccc(N)cc4)cc3F)O[C@]12C(=O)CO[C@@H]1O[C@H](CO)[C@H](O)[C@H](O)[C@H]1O. The summed E-state index contributed by atoms with van der Waals surface area (Å²) in [5.41, 5.74) is 5.89. The second-order valence-electron chi connectivity index (χ2n) is 16.5. The summed E-state index contributed by atoms with van der Waals surface area (Å²) in [5.74, 6) is -1.71.